The zero-order valence-corrected chi connectivity index (χ0v) is 10.0. The number of aliphatic hydroxyl groups is 1. The van der Waals surface area contributed by atoms with Gasteiger partial charge in [0.2, 0.25) is 0 Å². The van der Waals surface area contributed by atoms with E-state index in [0.29, 0.717) is 0 Å². The molecule has 1 aromatic carbocycles. The van der Waals surface area contributed by atoms with Crippen LogP contribution in [0.15, 0.2) is 30.5 Å². The molecule has 1 heterocycles. The zero-order chi connectivity index (χ0) is 14.2. The molecule has 19 heavy (non-hydrogen) atoms. The first-order chi connectivity index (χ1) is 8.79. The zero-order valence-electron chi connectivity index (χ0n) is 10.0. The number of aliphatic hydroxyl groups excluding tert-OH is 1. The van der Waals surface area contributed by atoms with E-state index < -0.39 is 17.8 Å². The predicted molar refractivity (Wildman–Crippen MR) is 63.1 cm³/mol. The van der Waals surface area contributed by atoms with Gasteiger partial charge in [0.1, 0.15) is 6.10 Å². The lowest BCUT2D eigenvalue weighted by molar-refractivity contribution is -0.137. The number of hydrogen-bond donors (Lipinski definition) is 2. The van der Waals surface area contributed by atoms with Crippen LogP contribution in [0.5, 0.6) is 0 Å². The number of anilines is 1. The van der Waals surface area contributed by atoms with E-state index in [1.165, 1.54) is 10.7 Å². The maximum atomic E-state index is 12.6. The quantitative estimate of drug-likeness (QED) is 0.822. The maximum absolute atomic E-state index is 12.6. The molecule has 0 bridgehead atoms. The molecule has 102 valence electrons. The van der Waals surface area contributed by atoms with Gasteiger partial charge in [-0.05, 0) is 24.3 Å². The summed E-state index contributed by atoms with van der Waals surface area (Å²) in [7, 11) is 1.64. The van der Waals surface area contributed by atoms with E-state index in [1.807, 2.05) is 0 Å². The first-order valence-electron chi connectivity index (χ1n) is 5.43. The Hall–Kier alpha value is -2.02. The minimum atomic E-state index is -4.48. The highest BCUT2D eigenvalue weighted by atomic mass is 19.4. The van der Waals surface area contributed by atoms with Gasteiger partial charge in [0, 0.05) is 24.5 Å². The molecule has 0 amide bonds. The molecule has 2 aromatic rings. The van der Waals surface area contributed by atoms with Gasteiger partial charge in [-0.3, -0.25) is 4.68 Å². The van der Waals surface area contributed by atoms with Crippen molar-refractivity contribution in [2.45, 2.75) is 12.3 Å². The molecular formula is C12H12F3N3O. The number of nitrogens with two attached hydrogens (primary N) is 1. The highest BCUT2D eigenvalue weighted by molar-refractivity contribution is 5.52. The van der Waals surface area contributed by atoms with Crippen molar-refractivity contribution in [3.05, 3.63) is 47.3 Å². The van der Waals surface area contributed by atoms with Crippen molar-refractivity contribution in [3.8, 4) is 0 Å². The lowest BCUT2D eigenvalue weighted by Crippen LogP contribution is -2.10. The van der Waals surface area contributed by atoms with E-state index in [2.05, 4.69) is 5.10 Å². The van der Waals surface area contributed by atoms with Gasteiger partial charge in [0.05, 0.1) is 11.3 Å². The lowest BCUT2D eigenvalue weighted by Gasteiger charge is -2.14. The van der Waals surface area contributed by atoms with Gasteiger partial charge in [-0.15, -0.1) is 0 Å². The highest BCUT2D eigenvalue weighted by Gasteiger charge is 2.31. The molecule has 3 N–H and O–H groups in total. The van der Waals surface area contributed by atoms with Crippen molar-refractivity contribution in [2.24, 2.45) is 7.05 Å². The van der Waals surface area contributed by atoms with Crippen LogP contribution in [-0.2, 0) is 13.2 Å². The Morgan fingerprint density at radius 3 is 2.53 bits per heavy atom. The Morgan fingerprint density at radius 2 is 2.00 bits per heavy atom. The van der Waals surface area contributed by atoms with Gasteiger partial charge < -0.3 is 10.8 Å². The minimum Gasteiger partial charge on any atom is -0.398 e. The van der Waals surface area contributed by atoms with Crippen LogP contribution in [0.4, 0.5) is 18.9 Å². The fourth-order valence-corrected chi connectivity index (χ4v) is 1.73. The number of alkyl halides is 3. The van der Waals surface area contributed by atoms with Gasteiger partial charge in [0.15, 0.2) is 0 Å². The second-order valence-corrected chi connectivity index (χ2v) is 4.16. The summed E-state index contributed by atoms with van der Waals surface area (Å²) in [4.78, 5) is 0. The smallest absolute Gasteiger partial charge is 0.398 e. The molecule has 0 aliphatic heterocycles. The van der Waals surface area contributed by atoms with E-state index in [9.17, 15) is 18.3 Å². The second-order valence-electron chi connectivity index (χ2n) is 4.16. The summed E-state index contributed by atoms with van der Waals surface area (Å²) in [6.07, 6.45) is -4.18. The number of halogens is 3. The summed E-state index contributed by atoms with van der Waals surface area (Å²) in [5.74, 6) is 0. The van der Waals surface area contributed by atoms with Crippen molar-refractivity contribution in [1.82, 2.24) is 9.78 Å². The normalized spacial score (nSPS) is 13.5. The molecule has 0 saturated heterocycles. The summed E-state index contributed by atoms with van der Waals surface area (Å²) >= 11 is 0. The van der Waals surface area contributed by atoms with Crippen molar-refractivity contribution in [3.63, 3.8) is 0 Å². The van der Waals surface area contributed by atoms with Gasteiger partial charge in [-0.2, -0.15) is 18.3 Å². The average molecular weight is 271 g/mol. The minimum absolute atomic E-state index is 0.00600. The van der Waals surface area contributed by atoms with Crippen LogP contribution < -0.4 is 5.73 Å². The van der Waals surface area contributed by atoms with Crippen LogP contribution in [0.25, 0.3) is 0 Å². The standard InChI is InChI=1S/C12H12F3N3O/c1-18-5-4-10(17-18)11(19)8-6-7(12(13,14)15)2-3-9(8)16/h2-6,11,19H,16H2,1H3. The van der Waals surface area contributed by atoms with Crippen LogP contribution in [0, 0.1) is 0 Å². The van der Waals surface area contributed by atoms with Crippen LogP contribution >= 0.6 is 0 Å². The molecule has 0 radical (unpaired) electrons. The fourth-order valence-electron chi connectivity index (χ4n) is 1.73. The number of aromatic nitrogens is 2. The first kappa shape index (κ1) is 13.4. The second kappa shape index (κ2) is 4.58. The number of hydrogen-bond acceptors (Lipinski definition) is 3. The molecular weight excluding hydrogens is 259 g/mol. The number of benzene rings is 1. The molecule has 0 saturated carbocycles. The topological polar surface area (TPSA) is 64.1 Å². The molecule has 0 spiro atoms. The number of rotatable bonds is 2. The van der Waals surface area contributed by atoms with Crippen molar-refractivity contribution >= 4 is 5.69 Å². The van der Waals surface area contributed by atoms with Gasteiger partial charge in [0.25, 0.3) is 0 Å². The summed E-state index contributed by atoms with van der Waals surface area (Å²) in [5, 5.41) is 14.0. The molecule has 1 unspecified atom stereocenters. The SMILES string of the molecule is Cn1ccc(C(O)c2cc(C(F)(F)F)ccc2N)n1. The molecule has 1 aromatic heterocycles. The number of aryl methyl sites for hydroxylation is 1. The molecule has 4 nitrogen and oxygen atoms in total. The molecule has 2 rings (SSSR count). The van der Waals surface area contributed by atoms with Crippen molar-refractivity contribution in [2.75, 3.05) is 5.73 Å². The third-order valence-corrected chi connectivity index (χ3v) is 2.72. The molecule has 0 fully saturated rings. The lowest BCUT2D eigenvalue weighted by atomic mass is 10.0. The Labute approximate surface area is 107 Å². The largest absolute Gasteiger partial charge is 0.416 e. The summed E-state index contributed by atoms with van der Waals surface area (Å²) in [6.45, 7) is 0. The third-order valence-electron chi connectivity index (χ3n) is 2.72. The van der Waals surface area contributed by atoms with E-state index >= 15 is 0 Å². The first-order valence-corrected chi connectivity index (χ1v) is 5.43. The Morgan fingerprint density at radius 1 is 1.32 bits per heavy atom. The summed E-state index contributed by atoms with van der Waals surface area (Å²) in [6, 6.07) is 4.37. The number of nitrogens with zero attached hydrogens (tertiary/aromatic N) is 2. The Kier molecular flexibility index (Phi) is 3.23. The summed E-state index contributed by atoms with van der Waals surface area (Å²) < 4.78 is 39.3. The van der Waals surface area contributed by atoms with Crippen LogP contribution in [0.2, 0.25) is 0 Å². The molecule has 0 aliphatic carbocycles. The summed E-state index contributed by atoms with van der Waals surface area (Å²) in [5.41, 5.74) is 5.09. The Bertz CT molecular complexity index is 592. The van der Waals surface area contributed by atoms with E-state index in [1.54, 1.807) is 13.2 Å². The third kappa shape index (κ3) is 2.70. The maximum Gasteiger partial charge on any atom is 0.416 e. The van der Waals surface area contributed by atoms with Gasteiger partial charge >= 0.3 is 6.18 Å². The van der Waals surface area contributed by atoms with E-state index in [0.717, 1.165) is 18.2 Å². The average Bonchev–Trinajstić information content (AvgIpc) is 2.74. The van der Waals surface area contributed by atoms with Crippen LogP contribution in [-0.4, -0.2) is 14.9 Å². The highest BCUT2D eigenvalue weighted by Crippen LogP contribution is 2.34. The van der Waals surface area contributed by atoms with Gasteiger partial charge in [-0.1, -0.05) is 0 Å². The van der Waals surface area contributed by atoms with E-state index in [4.69, 9.17) is 5.73 Å². The predicted octanol–water partition coefficient (Wildman–Crippen LogP) is 2.10. The monoisotopic (exact) mass is 271 g/mol. The number of nitrogen functional groups attached to an aromatic ring is 1. The van der Waals surface area contributed by atoms with Crippen LogP contribution in [0.3, 0.4) is 0 Å². The van der Waals surface area contributed by atoms with Crippen molar-refractivity contribution < 1.29 is 18.3 Å². The fraction of sp³-hybridized carbons (Fsp3) is 0.250. The molecule has 1 atom stereocenters. The van der Waals surface area contributed by atoms with Crippen molar-refractivity contribution in [1.29, 1.82) is 0 Å². The van der Waals surface area contributed by atoms with Crippen LogP contribution in [0.1, 0.15) is 22.9 Å². The molecule has 7 heteroatoms. The van der Waals surface area contributed by atoms with Gasteiger partial charge in [-0.25, -0.2) is 0 Å². The molecule has 0 aliphatic rings. The van der Waals surface area contributed by atoms with E-state index in [-0.39, 0.29) is 16.9 Å². The Balaban J connectivity index is 2.44.